The lowest BCUT2D eigenvalue weighted by Gasteiger charge is -2.34. The highest BCUT2D eigenvalue weighted by atomic mass is 16.7. The van der Waals surface area contributed by atoms with Crippen molar-refractivity contribution in [3.8, 4) is 0 Å². The number of benzene rings is 1. The molecule has 2 bridgehead atoms. The molecule has 5 rings (SSSR count). The molecule has 2 aromatic rings. The fraction of sp³-hybridized carbons (Fsp3) is 0.583. The predicted octanol–water partition coefficient (Wildman–Crippen LogP) is 3.91. The SMILES string of the molecule is CC(C)(C)OC(=O)NC1CC(c2nnc([C@@H]3CCC4CN3C(=O)N4OCc3ccccc3)o2)C1. The number of fused-ring (bicyclic) bond motifs is 2. The van der Waals surface area contributed by atoms with E-state index in [-0.39, 0.29) is 30.1 Å². The topological polar surface area (TPSA) is 110 Å². The molecule has 3 fully saturated rings. The Balaban J connectivity index is 1.15. The second-order valence-corrected chi connectivity index (χ2v) is 10.3. The summed E-state index contributed by atoms with van der Waals surface area (Å²) in [6.07, 6.45) is 2.58. The molecule has 34 heavy (non-hydrogen) atoms. The highest BCUT2D eigenvalue weighted by molar-refractivity contribution is 5.77. The number of piperidine rings is 1. The lowest BCUT2D eigenvalue weighted by molar-refractivity contribution is -0.140. The average molecular weight is 470 g/mol. The summed E-state index contributed by atoms with van der Waals surface area (Å²) in [5.74, 6) is 1.12. The lowest BCUT2D eigenvalue weighted by atomic mass is 9.80. The zero-order valence-corrected chi connectivity index (χ0v) is 19.8. The van der Waals surface area contributed by atoms with Gasteiger partial charge in [0.25, 0.3) is 0 Å². The average Bonchev–Trinajstić information content (AvgIpc) is 3.33. The smallest absolute Gasteiger partial charge is 0.407 e. The number of amides is 3. The number of ether oxygens (including phenoxy) is 1. The summed E-state index contributed by atoms with van der Waals surface area (Å²) >= 11 is 0. The van der Waals surface area contributed by atoms with Crippen LogP contribution in [0.25, 0.3) is 0 Å². The van der Waals surface area contributed by atoms with Crippen molar-refractivity contribution in [3.63, 3.8) is 0 Å². The van der Waals surface area contributed by atoms with E-state index >= 15 is 0 Å². The van der Waals surface area contributed by atoms with Gasteiger partial charge in [-0.3, -0.25) is 4.84 Å². The van der Waals surface area contributed by atoms with Gasteiger partial charge in [-0.25, -0.2) is 9.59 Å². The van der Waals surface area contributed by atoms with Crippen molar-refractivity contribution in [1.82, 2.24) is 25.5 Å². The van der Waals surface area contributed by atoms with E-state index in [1.54, 1.807) is 4.90 Å². The van der Waals surface area contributed by atoms with E-state index in [0.29, 0.717) is 24.9 Å². The largest absolute Gasteiger partial charge is 0.444 e. The molecule has 1 aromatic carbocycles. The van der Waals surface area contributed by atoms with Crippen LogP contribution in [-0.2, 0) is 16.2 Å². The third-order valence-corrected chi connectivity index (χ3v) is 6.49. The highest BCUT2D eigenvalue weighted by Crippen LogP contribution is 2.41. The first-order chi connectivity index (χ1) is 16.3. The third kappa shape index (κ3) is 4.72. The Morgan fingerprint density at radius 1 is 1.15 bits per heavy atom. The van der Waals surface area contributed by atoms with E-state index < -0.39 is 11.7 Å². The Morgan fingerprint density at radius 2 is 1.88 bits per heavy atom. The molecule has 10 heteroatoms. The molecule has 2 aliphatic heterocycles. The number of rotatable bonds is 6. The quantitative estimate of drug-likeness (QED) is 0.683. The number of hydroxylamine groups is 2. The van der Waals surface area contributed by atoms with Gasteiger partial charge in [0.2, 0.25) is 11.8 Å². The van der Waals surface area contributed by atoms with Gasteiger partial charge in [0.05, 0.1) is 6.04 Å². The van der Waals surface area contributed by atoms with Gasteiger partial charge in [0.15, 0.2) is 0 Å². The molecule has 182 valence electrons. The lowest BCUT2D eigenvalue weighted by Crippen LogP contribution is -2.45. The monoisotopic (exact) mass is 469 g/mol. The molecule has 3 aliphatic rings. The molecule has 1 N–H and O–H groups in total. The van der Waals surface area contributed by atoms with Gasteiger partial charge < -0.3 is 19.4 Å². The number of carbonyl (C=O) groups excluding carboxylic acids is 2. The normalized spacial score (nSPS) is 26.4. The fourth-order valence-electron chi connectivity index (χ4n) is 4.73. The second kappa shape index (κ2) is 8.90. The maximum Gasteiger partial charge on any atom is 0.407 e. The van der Waals surface area contributed by atoms with E-state index in [2.05, 4.69) is 15.5 Å². The molecule has 2 atom stereocenters. The number of urea groups is 1. The molecule has 1 aliphatic carbocycles. The molecule has 0 radical (unpaired) electrons. The Bertz CT molecular complexity index is 1030. The Morgan fingerprint density at radius 3 is 2.62 bits per heavy atom. The first kappa shape index (κ1) is 22.6. The van der Waals surface area contributed by atoms with Crippen molar-refractivity contribution in [1.29, 1.82) is 0 Å². The van der Waals surface area contributed by atoms with Gasteiger partial charge in [0, 0.05) is 18.5 Å². The van der Waals surface area contributed by atoms with Crippen LogP contribution in [0.5, 0.6) is 0 Å². The Hall–Kier alpha value is -3.14. The van der Waals surface area contributed by atoms with Gasteiger partial charge >= 0.3 is 12.1 Å². The van der Waals surface area contributed by atoms with E-state index in [0.717, 1.165) is 31.2 Å². The molecular formula is C24H31N5O5. The molecular weight excluding hydrogens is 438 g/mol. The number of hydrogen-bond acceptors (Lipinski definition) is 7. The maximum absolute atomic E-state index is 13.0. The van der Waals surface area contributed by atoms with Crippen LogP contribution >= 0.6 is 0 Å². The summed E-state index contributed by atoms with van der Waals surface area (Å²) in [7, 11) is 0. The van der Waals surface area contributed by atoms with E-state index in [1.807, 2.05) is 51.1 Å². The molecule has 1 saturated carbocycles. The first-order valence-corrected chi connectivity index (χ1v) is 11.9. The van der Waals surface area contributed by atoms with Crippen molar-refractivity contribution < 1.29 is 23.6 Å². The minimum absolute atomic E-state index is 0.0288. The van der Waals surface area contributed by atoms with Gasteiger partial charge in [-0.1, -0.05) is 30.3 Å². The van der Waals surface area contributed by atoms with Gasteiger partial charge in [-0.15, -0.1) is 10.2 Å². The number of nitrogens with one attached hydrogen (secondary N) is 1. The third-order valence-electron chi connectivity index (χ3n) is 6.49. The van der Waals surface area contributed by atoms with Crippen LogP contribution in [0.2, 0.25) is 0 Å². The minimum atomic E-state index is -0.525. The van der Waals surface area contributed by atoms with E-state index in [4.69, 9.17) is 14.0 Å². The zero-order valence-electron chi connectivity index (χ0n) is 19.8. The van der Waals surface area contributed by atoms with Crippen LogP contribution in [0.15, 0.2) is 34.7 Å². The Kier molecular flexibility index (Phi) is 5.93. The van der Waals surface area contributed by atoms with Gasteiger partial charge in [-0.2, -0.15) is 5.06 Å². The van der Waals surface area contributed by atoms with Crippen molar-refractivity contribution in [3.05, 3.63) is 47.7 Å². The van der Waals surface area contributed by atoms with Crippen molar-refractivity contribution in [2.45, 2.75) is 82.7 Å². The molecule has 0 spiro atoms. The van der Waals surface area contributed by atoms with Crippen LogP contribution in [0.1, 0.15) is 75.8 Å². The van der Waals surface area contributed by atoms with Gasteiger partial charge in [-0.05, 0) is 52.0 Å². The summed E-state index contributed by atoms with van der Waals surface area (Å²) < 4.78 is 11.3. The van der Waals surface area contributed by atoms with Crippen LogP contribution in [0, 0.1) is 0 Å². The fourth-order valence-corrected chi connectivity index (χ4v) is 4.73. The first-order valence-electron chi connectivity index (χ1n) is 11.9. The predicted molar refractivity (Wildman–Crippen MR) is 120 cm³/mol. The Labute approximate surface area is 198 Å². The van der Waals surface area contributed by atoms with Crippen LogP contribution in [0.4, 0.5) is 9.59 Å². The van der Waals surface area contributed by atoms with E-state index in [9.17, 15) is 9.59 Å². The minimum Gasteiger partial charge on any atom is -0.444 e. The number of aromatic nitrogens is 2. The number of nitrogens with zero attached hydrogens (tertiary/aromatic N) is 4. The summed E-state index contributed by atoms with van der Waals surface area (Å²) in [6, 6.07) is 9.46. The molecule has 3 amide bonds. The number of hydrogen-bond donors (Lipinski definition) is 1. The summed E-state index contributed by atoms with van der Waals surface area (Å²) in [4.78, 5) is 32.6. The number of carbonyl (C=O) groups is 2. The van der Waals surface area contributed by atoms with Crippen molar-refractivity contribution >= 4 is 12.1 Å². The molecule has 1 unspecified atom stereocenters. The van der Waals surface area contributed by atoms with Crippen molar-refractivity contribution in [2.24, 2.45) is 0 Å². The van der Waals surface area contributed by atoms with Gasteiger partial charge in [0.1, 0.15) is 18.2 Å². The highest BCUT2D eigenvalue weighted by Gasteiger charge is 2.48. The summed E-state index contributed by atoms with van der Waals surface area (Å²) in [5, 5.41) is 12.9. The van der Waals surface area contributed by atoms with Crippen LogP contribution in [0.3, 0.4) is 0 Å². The zero-order chi connectivity index (χ0) is 23.9. The van der Waals surface area contributed by atoms with Crippen molar-refractivity contribution in [2.75, 3.05) is 6.54 Å². The second-order valence-electron chi connectivity index (χ2n) is 10.3. The molecule has 3 heterocycles. The van der Waals surface area contributed by atoms with Crippen LogP contribution in [-0.4, -0.2) is 56.5 Å². The summed E-state index contributed by atoms with van der Waals surface area (Å²) in [5.41, 5.74) is 0.493. The van der Waals surface area contributed by atoms with E-state index in [1.165, 1.54) is 5.06 Å². The number of alkyl carbamates (subject to hydrolysis) is 1. The summed E-state index contributed by atoms with van der Waals surface area (Å²) in [6.45, 7) is 6.45. The maximum atomic E-state index is 13.0. The molecule has 2 saturated heterocycles. The van der Waals surface area contributed by atoms with Crippen LogP contribution < -0.4 is 5.32 Å². The molecule has 1 aromatic heterocycles. The standard InChI is InChI=1S/C24H31N5O5/c1-24(2,3)34-22(30)25-17-11-16(12-17)20-26-27-21(33-20)19-10-9-18-13-28(19)23(31)29(18)32-14-15-7-5-4-6-8-15/h4-8,16-19H,9-14H2,1-3H3,(H,25,30)/t16?,17?,18?,19-/m0/s1. The molecule has 10 nitrogen and oxygen atoms in total.